The molecule has 2 N–H and O–H groups in total. The summed E-state index contributed by atoms with van der Waals surface area (Å²) in [5.41, 5.74) is 1.28. The van der Waals surface area contributed by atoms with Crippen LogP contribution in [-0.4, -0.2) is 19.1 Å². The molecule has 1 rings (SSSR count). The normalized spacial score (nSPS) is 18.1. The van der Waals surface area contributed by atoms with Gasteiger partial charge in [-0.1, -0.05) is 0 Å². The van der Waals surface area contributed by atoms with Crippen molar-refractivity contribution in [1.29, 1.82) is 0 Å². The number of allylic oxidation sites excluding steroid dienone is 3. The van der Waals surface area contributed by atoms with Crippen LogP contribution < -0.4 is 5.32 Å². The van der Waals surface area contributed by atoms with Crippen molar-refractivity contribution in [2.45, 2.75) is 6.92 Å². The highest BCUT2D eigenvalue weighted by Gasteiger charge is 2.09. The van der Waals surface area contributed by atoms with E-state index >= 15 is 0 Å². The Morgan fingerprint density at radius 2 is 2.50 bits per heavy atom. The van der Waals surface area contributed by atoms with E-state index in [0.29, 0.717) is 5.47 Å². The number of halogens is 1. The molecule has 0 unspecified atom stereocenters. The number of hydrogen-bond donors (Lipinski definition) is 2. The molecule has 0 radical (unpaired) electrons. The predicted octanol–water partition coefficient (Wildman–Crippen LogP) is 0.0183. The number of nitrogens with one attached hydrogen (secondary N) is 1. The summed E-state index contributed by atoms with van der Waals surface area (Å²) in [6, 6.07) is 0. The van der Waals surface area contributed by atoms with Gasteiger partial charge in [-0.15, -0.1) is 0 Å². The molecule has 4 heteroatoms. The van der Waals surface area contributed by atoms with E-state index in [0.717, 1.165) is 5.70 Å². The Morgan fingerprint density at radius 3 is 3.00 bits per heavy atom. The zero-order valence-corrected chi connectivity index (χ0v) is 5.82. The first-order valence-electron chi connectivity index (χ1n) is 3.14. The second-order valence-corrected chi connectivity index (χ2v) is 2.27. The van der Waals surface area contributed by atoms with Gasteiger partial charge in [0.25, 0.3) is 0 Å². The van der Waals surface area contributed by atoms with Crippen LogP contribution in [0.3, 0.4) is 0 Å². The molecule has 0 aromatic rings. The fourth-order valence-corrected chi connectivity index (χ4v) is 0.853. The summed E-state index contributed by atoms with van der Waals surface area (Å²) in [6.07, 6.45) is 1.61. The zero-order chi connectivity index (χ0) is 7.56. The van der Waals surface area contributed by atoms with Gasteiger partial charge in [-0.05, 0) is 18.5 Å². The van der Waals surface area contributed by atoms with Crippen molar-refractivity contribution in [3.63, 3.8) is 0 Å². The molecule has 0 fully saturated rings. The standard InChI is InChI=1S/C6H9BFNO/c1-4-2-5(7-10)6(8)3-9-4/h2,7,9-10H,3H2,1H3. The smallest absolute Gasteiger partial charge is 0.307 e. The lowest BCUT2D eigenvalue weighted by molar-refractivity contribution is 0.569. The van der Waals surface area contributed by atoms with Gasteiger partial charge in [0.1, 0.15) is 5.83 Å². The van der Waals surface area contributed by atoms with Gasteiger partial charge in [0.05, 0.1) is 6.54 Å². The average molecular weight is 141 g/mol. The van der Waals surface area contributed by atoms with Gasteiger partial charge >= 0.3 is 7.48 Å². The van der Waals surface area contributed by atoms with Crippen LogP contribution in [0.25, 0.3) is 0 Å². The highest BCUT2D eigenvalue weighted by molar-refractivity contribution is 6.38. The molecule has 0 aromatic carbocycles. The van der Waals surface area contributed by atoms with E-state index in [2.05, 4.69) is 5.32 Å². The molecule has 1 aliphatic heterocycles. The molecule has 0 saturated heterocycles. The molecule has 0 saturated carbocycles. The lowest BCUT2D eigenvalue weighted by Gasteiger charge is -2.12. The van der Waals surface area contributed by atoms with Crippen molar-refractivity contribution in [3.8, 4) is 0 Å². The molecule has 2 nitrogen and oxygen atoms in total. The van der Waals surface area contributed by atoms with Crippen LogP contribution in [0.1, 0.15) is 6.92 Å². The molecule has 1 aliphatic rings. The van der Waals surface area contributed by atoms with E-state index in [4.69, 9.17) is 5.02 Å². The van der Waals surface area contributed by atoms with Gasteiger partial charge in [0.2, 0.25) is 0 Å². The minimum absolute atomic E-state index is 0.207. The number of rotatable bonds is 1. The summed E-state index contributed by atoms with van der Waals surface area (Å²) < 4.78 is 12.6. The van der Waals surface area contributed by atoms with Gasteiger partial charge < -0.3 is 10.3 Å². The summed E-state index contributed by atoms with van der Waals surface area (Å²) in [4.78, 5) is 0. The Hall–Kier alpha value is -0.765. The van der Waals surface area contributed by atoms with E-state index in [1.807, 2.05) is 6.92 Å². The zero-order valence-electron chi connectivity index (χ0n) is 5.82. The van der Waals surface area contributed by atoms with Crippen LogP contribution in [-0.2, 0) is 0 Å². The lowest BCUT2D eigenvalue weighted by atomic mass is 9.85. The SMILES string of the molecule is CC1=CC(BO)=C(F)CN1. The summed E-state index contributed by atoms with van der Waals surface area (Å²) in [6.45, 7) is 2.04. The molecule has 54 valence electrons. The Balaban J connectivity index is 2.82. The highest BCUT2D eigenvalue weighted by atomic mass is 19.1. The topological polar surface area (TPSA) is 32.3 Å². The second kappa shape index (κ2) is 2.88. The summed E-state index contributed by atoms with van der Waals surface area (Å²) in [7, 11) is -0.217. The predicted molar refractivity (Wildman–Crippen MR) is 39.3 cm³/mol. The summed E-state index contributed by atoms with van der Waals surface area (Å²) in [5.74, 6) is -0.270. The van der Waals surface area contributed by atoms with E-state index in [1.54, 1.807) is 6.08 Å². The second-order valence-electron chi connectivity index (χ2n) is 2.27. The minimum atomic E-state index is -0.270. The fraction of sp³-hybridized carbons (Fsp3) is 0.333. The first kappa shape index (κ1) is 7.34. The third-order valence-electron chi connectivity index (χ3n) is 1.43. The largest absolute Gasteiger partial charge is 0.449 e. The van der Waals surface area contributed by atoms with Crippen LogP contribution in [0.4, 0.5) is 4.39 Å². The third-order valence-corrected chi connectivity index (χ3v) is 1.43. The van der Waals surface area contributed by atoms with Gasteiger partial charge in [0.15, 0.2) is 0 Å². The maximum absolute atomic E-state index is 12.6. The Kier molecular flexibility index (Phi) is 2.11. The van der Waals surface area contributed by atoms with Crippen molar-refractivity contribution in [3.05, 3.63) is 23.1 Å². The third kappa shape index (κ3) is 1.39. The van der Waals surface area contributed by atoms with Crippen LogP contribution in [0.5, 0.6) is 0 Å². The van der Waals surface area contributed by atoms with Crippen molar-refractivity contribution in [1.82, 2.24) is 5.32 Å². The monoisotopic (exact) mass is 141 g/mol. The molecule has 0 aromatic heterocycles. The minimum Gasteiger partial charge on any atom is -0.449 e. The van der Waals surface area contributed by atoms with Crippen LogP contribution in [0, 0.1) is 0 Å². The molecule has 0 spiro atoms. The molecule has 0 bridgehead atoms. The molecule has 10 heavy (non-hydrogen) atoms. The Bertz CT molecular complexity index is 200. The molecule has 0 atom stereocenters. The van der Waals surface area contributed by atoms with E-state index in [1.165, 1.54) is 0 Å². The van der Waals surface area contributed by atoms with Crippen molar-refractivity contribution in [2.75, 3.05) is 6.54 Å². The first-order chi connectivity index (χ1) is 4.74. The average Bonchev–Trinajstić information content (AvgIpc) is 1.94. The van der Waals surface area contributed by atoms with E-state index in [9.17, 15) is 4.39 Å². The van der Waals surface area contributed by atoms with E-state index < -0.39 is 0 Å². The van der Waals surface area contributed by atoms with Gasteiger partial charge in [0, 0.05) is 5.70 Å². The summed E-state index contributed by atoms with van der Waals surface area (Å²) in [5, 5.41) is 11.4. The molecule has 1 heterocycles. The number of hydrogen-bond acceptors (Lipinski definition) is 2. The molecule has 0 amide bonds. The summed E-state index contributed by atoms with van der Waals surface area (Å²) >= 11 is 0. The van der Waals surface area contributed by atoms with Crippen molar-refractivity contribution in [2.24, 2.45) is 0 Å². The number of dihydropyridines is 1. The van der Waals surface area contributed by atoms with Crippen LogP contribution in [0.2, 0.25) is 0 Å². The Labute approximate surface area is 59.7 Å². The molecule has 0 aliphatic carbocycles. The molecular formula is C6H9BFNO. The lowest BCUT2D eigenvalue weighted by Crippen LogP contribution is -2.20. The van der Waals surface area contributed by atoms with Gasteiger partial charge in [-0.3, -0.25) is 0 Å². The maximum Gasteiger partial charge on any atom is 0.307 e. The quantitative estimate of drug-likeness (QED) is 0.504. The van der Waals surface area contributed by atoms with Crippen molar-refractivity contribution >= 4 is 7.48 Å². The van der Waals surface area contributed by atoms with Crippen LogP contribution in [0.15, 0.2) is 23.1 Å². The fourth-order valence-electron chi connectivity index (χ4n) is 0.853. The Morgan fingerprint density at radius 1 is 1.80 bits per heavy atom. The molecular weight excluding hydrogens is 132 g/mol. The highest BCUT2D eigenvalue weighted by Crippen LogP contribution is 2.11. The van der Waals surface area contributed by atoms with Crippen molar-refractivity contribution < 1.29 is 9.41 Å². The first-order valence-corrected chi connectivity index (χ1v) is 3.14. The van der Waals surface area contributed by atoms with Crippen LogP contribution >= 0.6 is 0 Å². The van der Waals surface area contributed by atoms with E-state index in [-0.39, 0.29) is 19.9 Å². The maximum atomic E-state index is 12.6. The van der Waals surface area contributed by atoms with Gasteiger partial charge in [-0.25, -0.2) is 4.39 Å². The van der Waals surface area contributed by atoms with Gasteiger partial charge in [-0.2, -0.15) is 0 Å².